The minimum absolute atomic E-state index is 0.0463. The third-order valence-electron chi connectivity index (χ3n) is 4.66. The van der Waals surface area contributed by atoms with E-state index in [4.69, 9.17) is 0 Å². The monoisotopic (exact) mass is 365 g/mol. The molecule has 2 heterocycles. The number of anilines is 1. The highest BCUT2D eigenvalue weighted by Crippen LogP contribution is 2.28. The maximum absolute atomic E-state index is 12.7. The normalized spacial score (nSPS) is 13.2. The molecule has 6 heteroatoms. The number of carbonyl (C=O) groups excluding carboxylic acids is 1. The van der Waals surface area contributed by atoms with Crippen LogP contribution < -0.4 is 10.5 Å². The highest BCUT2D eigenvalue weighted by atomic mass is 32.2. The van der Waals surface area contributed by atoms with E-state index in [2.05, 4.69) is 11.1 Å². The molecule has 0 radical (unpaired) electrons. The lowest BCUT2D eigenvalue weighted by atomic mass is 10.2. The van der Waals surface area contributed by atoms with Gasteiger partial charge in [-0.05, 0) is 37.1 Å². The van der Waals surface area contributed by atoms with Gasteiger partial charge in [-0.25, -0.2) is 4.98 Å². The largest absolute Gasteiger partial charge is 0.311 e. The molecule has 0 saturated heterocycles. The number of carbonyl (C=O) groups is 1. The Morgan fingerprint density at radius 1 is 1.15 bits per heavy atom. The number of fused-ring (bicyclic) bond motifs is 2. The van der Waals surface area contributed by atoms with Crippen molar-refractivity contribution in [1.82, 2.24) is 9.55 Å². The zero-order chi connectivity index (χ0) is 18.1. The summed E-state index contributed by atoms with van der Waals surface area (Å²) in [4.78, 5) is 31.8. The first kappa shape index (κ1) is 16.8. The highest BCUT2D eigenvalue weighted by Gasteiger charge is 2.24. The van der Waals surface area contributed by atoms with Crippen molar-refractivity contribution in [1.29, 1.82) is 0 Å². The average molecular weight is 365 g/mol. The summed E-state index contributed by atoms with van der Waals surface area (Å²) in [5.74, 6) is 0.309. The maximum atomic E-state index is 12.7. The van der Waals surface area contributed by atoms with Crippen molar-refractivity contribution in [3.8, 4) is 0 Å². The maximum Gasteiger partial charge on any atom is 0.262 e. The highest BCUT2D eigenvalue weighted by molar-refractivity contribution is 7.99. The van der Waals surface area contributed by atoms with Crippen molar-refractivity contribution in [3.05, 3.63) is 64.4 Å². The lowest BCUT2D eigenvalue weighted by Crippen LogP contribution is -2.31. The standard InChI is InChI=1S/C20H19N3O2S/c1-2-22-19(25)15-8-4-5-9-16(15)21-20(22)26-13-18(24)23-12-11-14-7-3-6-10-17(14)23/h3-10H,2,11-13H2,1H3. The Bertz CT molecular complexity index is 1040. The Morgan fingerprint density at radius 3 is 2.77 bits per heavy atom. The van der Waals surface area contributed by atoms with E-state index in [0.29, 0.717) is 29.1 Å². The van der Waals surface area contributed by atoms with Gasteiger partial charge < -0.3 is 4.90 Å². The van der Waals surface area contributed by atoms with Crippen LogP contribution in [0.2, 0.25) is 0 Å². The number of aromatic nitrogens is 2. The molecule has 0 fully saturated rings. The zero-order valence-corrected chi connectivity index (χ0v) is 15.3. The predicted octanol–water partition coefficient (Wildman–Crippen LogP) is 3.10. The van der Waals surface area contributed by atoms with E-state index in [9.17, 15) is 9.59 Å². The van der Waals surface area contributed by atoms with Crippen LogP contribution in [0.4, 0.5) is 5.69 Å². The van der Waals surface area contributed by atoms with Crippen LogP contribution in [-0.4, -0.2) is 27.8 Å². The van der Waals surface area contributed by atoms with E-state index in [1.54, 1.807) is 10.6 Å². The van der Waals surface area contributed by atoms with Gasteiger partial charge in [-0.1, -0.05) is 42.1 Å². The molecule has 1 aliphatic rings. The predicted molar refractivity (Wildman–Crippen MR) is 105 cm³/mol. The first-order valence-electron chi connectivity index (χ1n) is 8.69. The minimum Gasteiger partial charge on any atom is -0.311 e. The first-order chi connectivity index (χ1) is 12.7. The van der Waals surface area contributed by atoms with Crippen molar-refractivity contribution in [2.45, 2.75) is 25.0 Å². The summed E-state index contributed by atoms with van der Waals surface area (Å²) in [5, 5.41) is 1.20. The second-order valence-electron chi connectivity index (χ2n) is 6.17. The van der Waals surface area contributed by atoms with Crippen LogP contribution in [0.1, 0.15) is 12.5 Å². The molecule has 0 bridgehead atoms. The summed E-state index contributed by atoms with van der Waals surface area (Å²) >= 11 is 1.33. The zero-order valence-electron chi connectivity index (χ0n) is 14.5. The number of hydrogen-bond donors (Lipinski definition) is 0. The lowest BCUT2D eigenvalue weighted by molar-refractivity contribution is -0.116. The Morgan fingerprint density at radius 2 is 1.92 bits per heavy atom. The fourth-order valence-electron chi connectivity index (χ4n) is 3.34. The van der Waals surface area contributed by atoms with E-state index in [0.717, 1.165) is 12.1 Å². The molecule has 132 valence electrons. The summed E-state index contributed by atoms with van der Waals surface area (Å²) in [5.41, 5.74) is 2.82. The van der Waals surface area contributed by atoms with Crippen LogP contribution in [-0.2, 0) is 17.8 Å². The molecule has 5 nitrogen and oxygen atoms in total. The molecule has 0 spiro atoms. The summed E-state index contributed by atoms with van der Waals surface area (Å²) in [6.07, 6.45) is 0.889. The van der Waals surface area contributed by atoms with E-state index in [1.807, 2.05) is 48.2 Å². The number of rotatable bonds is 4. The first-order valence-corrected chi connectivity index (χ1v) is 9.68. The van der Waals surface area contributed by atoms with Gasteiger partial charge in [-0.2, -0.15) is 0 Å². The van der Waals surface area contributed by atoms with Crippen molar-refractivity contribution in [2.75, 3.05) is 17.2 Å². The van der Waals surface area contributed by atoms with E-state index >= 15 is 0 Å². The van der Waals surface area contributed by atoms with Crippen LogP contribution in [0.5, 0.6) is 0 Å². The van der Waals surface area contributed by atoms with Crippen LogP contribution >= 0.6 is 11.8 Å². The van der Waals surface area contributed by atoms with Gasteiger partial charge in [-0.3, -0.25) is 14.2 Å². The van der Waals surface area contributed by atoms with Gasteiger partial charge in [-0.15, -0.1) is 0 Å². The molecule has 4 rings (SSSR count). The van der Waals surface area contributed by atoms with E-state index in [1.165, 1.54) is 17.3 Å². The molecule has 26 heavy (non-hydrogen) atoms. The van der Waals surface area contributed by atoms with Crippen LogP contribution in [0.3, 0.4) is 0 Å². The summed E-state index contributed by atoms with van der Waals surface area (Å²) in [7, 11) is 0. The number of nitrogens with zero attached hydrogens (tertiary/aromatic N) is 3. The number of amides is 1. The topological polar surface area (TPSA) is 55.2 Å². The Balaban J connectivity index is 1.58. The molecule has 3 aromatic rings. The van der Waals surface area contributed by atoms with Gasteiger partial charge in [0, 0.05) is 18.8 Å². The van der Waals surface area contributed by atoms with Crippen molar-refractivity contribution >= 4 is 34.3 Å². The second kappa shape index (κ2) is 6.96. The van der Waals surface area contributed by atoms with Crippen LogP contribution in [0.25, 0.3) is 10.9 Å². The molecule has 0 unspecified atom stereocenters. The Labute approximate surface area is 155 Å². The molecule has 0 atom stereocenters. The fraction of sp³-hybridized carbons (Fsp3) is 0.250. The molecule has 0 aliphatic carbocycles. The summed E-state index contributed by atoms with van der Waals surface area (Å²) in [6, 6.07) is 15.3. The van der Waals surface area contributed by atoms with Gasteiger partial charge in [0.25, 0.3) is 5.56 Å². The quantitative estimate of drug-likeness (QED) is 0.527. The number of para-hydroxylation sites is 2. The molecular weight excluding hydrogens is 346 g/mol. The number of hydrogen-bond acceptors (Lipinski definition) is 4. The molecule has 1 aliphatic heterocycles. The molecule has 0 N–H and O–H groups in total. The summed E-state index contributed by atoms with van der Waals surface area (Å²) in [6.45, 7) is 3.16. The lowest BCUT2D eigenvalue weighted by Gasteiger charge is -2.17. The molecule has 1 aromatic heterocycles. The van der Waals surface area contributed by atoms with E-state index in [-0.39, 0.29) is 17.2 Å². The van der Waals surface area contributed by atoms with Crippen LogP contribution in [0, 0.1) is 0 Å². The SMILES string of the molecule is CCn1c(SCC(=O)N2CCc3ccccc32)nc2ccccc2c1=O. The van der Waals surface area contributed by atoms with Gasteiger partial charge in [0.1, 0.15) is 0 Å². The van der Waals surface area contributed by atoms with Crippen molar-refractivity contribution in [3.63, 3.8) is 0 Å². The van der Waals surface area contributed by atoms with Gasteiger partial charge >= 0.3 is 0 Å². The van der Waals surface area contributed by atoms with Crippen molar-refractivity contribution < 1.29 is 4.79 Å². The van der Waals surface area contributed by atoms with Crippen LogP contribution in [0.15, 0.2) is 58.5 Å². The summed E-state index contributed by atoms with van der Waals surface area (Å²) < 4.78 is 1.64. The molecule has 0 saturated carbocycles. The molecule has 2 aromatic carbocycles. The Kier molecular flexibility index (Phi) is 4.51. The average Bonchev–Trinajstić information content (AvgIpc) is 3.10. The number of benzene rings is 2. The molecule has 1 amide bonds. The smallest absolute Gasteiger partial charge is 0.262 e. The third-order valence-corrected chi connectivity index (χ3v) is 5.62. The van der Waals surface area contributed by atoms with Gasteiger partial charge in [0.05, 0.1) is 16.7 Å². The van der Waals surface area contributed by atoms with E-state index < -0.39 is 0 Å². The van der Waals surface area contributed by atoms with Gasteiger partial charge in [0.15, 0.2) is 5.16 Å². The number of thioether (sulfide) groups is 1. The van der Waals surface area contributed by atoms with Crippen molar-refractivity contribution in [2.24, 2.45) is 0 Å². The fourth-order valence-corrected chi connectivity index (χ4v) is 4.28. The van der Waals surface area contributed by atoms with Gasteiger partial charge in [0.2, 0.25) is 5.91 Å². The third kappa shape index (κ3) is 2.90. The minimum atomic E-state index is -0.0560. The molecular formula is C20H19N3O2S. The Hall–Kier alpha value is -2.60. The second-order valence-corrected chi connectivity index (χ2v) is 7.12.